The fourth-order valence-electron chi connectivity index (χ4n) is 2.00. The van der Waals surface area contributed by atoms with E-state index in [1.54, 1.807) is 0 Å². The summed E-state index contributed by atoms with van der Waals surface area (Å²) in [6.07, 6.45) is 1.46. The van der Waals surface area contributed by atoms with Crippen LogP contribution in [0.4, 0.5) is 0 Å². The number of pyridine rings is 1. The second-order valence-corrected chi connectivity index (χ2v) is 4.81. The van der Waals surface area contributed by atoms with E-state index < -0.39 is 0 Å². The molecular formula is C15H10BrNO. The lowest BCUT2D eigenvalue weighted by Gasteiger charge is -2.06. The average molecular weight is 300 g/mol. The number of nitrogens with zero attached hydrogens (tertiary/aromatic N) is 1. The number of rotatable bonds is 1. The molecule has 18 heavy (non-hydrogen) atoms. The first-order chi connectivity index (χ1) is 8.75. The highest BCUT2D eigenvalue weighted by Gasteiger charge is 2.06. The summed E-state index contributed by atoms with van der Waals surface area (Å²) in [7, 11) is 0. The van der Waals surface area contributed by atoms with Gasteiger partial charge >= 0.3 is 0 Å². The normalized spacial score (nSPS) is 10.7. The Morgan fingerprint density at radius 1 is 0.889 bits per heavy atom. The van der Waals surface area contributed by atoms with Crippen molar-refractivity contribution >= 4 is 26.7 Å². The average Bonchev–Trinajstić information content (AvgIpc) is 2.44. The Balaban J connectivity index is 2.26. The molecule has 3 aromatic rings. The molecular weight excluding hydrogens is 290 g/mol. The number of halogens is 1. The third kappa shape index (κ3) is 1.87. The molecule has 0 saturated heterocycles. The van der Waals surface area contributed by atoms with Gasteiger partial charge in [0.05, 0.1) is 6.20 Å². The molecule has 0 aliphatic heterocycles. The molecule has 0 bridgehead atoms. The molecule has 3 rings (SSSR count). The molecule has 1 aromatic heterocycles. The van der Waals surface area contributed by atoms with Gasteiger partial charge in [-0.25, -0.2) is 4.98 Å². The van der Waals surface area contributed by atoms with Crippen molar-refractivity contribution in [2.75, 3.05) is 0 Å². The van der Waals surface area contributed by atoms with Crippen LogP contribution in [0.2, 0.25) is 0 Å². The lowest BCUT2D eigenvalue weighted by atomic mass is 10.0. The fourth-order valence-corrected chi connectivity index (χ4v) is 2.45. The van der Waals surface area contributed by atoms with Gasteiger partial charge in [-0.2, -0.15) is 0 Å². The number of hydrogen-bond donors (Lipinski definition) is 1. The second kappa shape index (κ2) is 4.42. The third-order valence-electron chi connectivity index (χ3n) is 2.93. The monoisotopic (exact) mass is 299 g/mol. The minimum absolute atomic E-state index is 0.200. The molecule has 0 aliphatic carbocycles. The van der Waals surface area contributed by atoms with Crippen molar-refractivity contribution < 1.29 is 5.11 Å². The summed E-state index contributed by atoms with van der Waals surface area (Å²) in [6.45, 7) is 0. The molecule has 0 spiro atoms. The molecule has 2 aromatic carbocycles. The lowest BCUT2D eigenvalue weighted by molar-refractivity contribution is 0.479. The summed E-state index contributed by atoms with van der Waals surface area (Å²) in [5.41, 5.74) is 2.21. The van der Waals surface area contributed by atoms with Gasteiger partial charge < -0.3 is 5.11 Å². The van der Waals surface area contributed by atoms with E-state index in [2.05, 4.69) is 33.0 Å². The van der Waals surface area contributed by atoms with Crippen LogP contribution < -0.4 is 0 Å². The van der Waals surface area contributed by atoms with Crippen LogP contribution in [-0.2, 0) is 0 Å². The largest absolute Gasteiger partial charge is 0.506 e. The quantitative estimate of drug-likeness (QED) is 0.677. The van der Waals surface area contributed by atoms with Gasteiger partial charge in [0.2, 0.25) is 0 Å². The van der Waals surface area contributed by atoms with E-state index in [1.165, 1.54) is 6.20 Å². The van der Waals surface area contributed by atoms with Crippen LogP contribution >= 0.6 is 15.9 Å². The maximum absolute atomic E-state index is 9.88. The molecule has 0 amide bonds. The smallest absolute Gasteiger partial charge is 0.141 e. The zero-order valence-electron chi connectivity index (χ0n) is 9.47. The molecule has 2 nitrogen and oxygen atoms in total. The van der Waals surface area contributed by atoms with Crippen LogP contribution in [0.15, 0.2) is 59.3 Å². The predicted octanol–water partition coefficient (Wildman–Crippen LogP) is 4.37. The summed E-state index contributed by atoms with van der Waals surface area (Å²) < 4.78 is 0.745. The molecule has 1 N–H and O–H groups in total. The maximum Gasteiger partial charge on any atom is 0.141 e. The molecule has 0 radical (unpaired) electrons. The van der Waals surface area contributed by atoms with Crippen molar-refractivity contribution in [1.82, 2.24) is 4.98 Å². The van der Waals surface area contributed by atoms with Crippen molar-refractivity contribution in [1.29, 1.82) is 0 Å². The molecule has 0 fully saturated rings. The van der Waals surface area contributed by atoms with E-state index in [1.807, 2.05) is 36.4 Å². The third-order valence-corrected chi connectivity index (χ3v) is 3.56. The zero-order valence-corrected chi connectivity index (χ0v) is 11.1. The highest BCUT2D eigenvalue weighted by Crippen LogP contribution is 2.32. The first kappa shape index (κ1) is 11.2. The molecule has 88 valence electrons. The highest BCUT2D eigenvalue weighted by atomic mass is 79.9. The van der Waals surface area contributed by atoms with E-state index >= 15 is 0 Å². The number of hydrogen-bond acceptors (Lipinski definition) is 2. The van der Waals surface area contributed by atoms with Gasteiger partial charge in [0, 0.05) is 10.8 Å². The van der Waals surface area contributed by atoms with Gasteiger partial charge in [0.1, 0.15) is 10.4 Å². The van der Waals surface area contributed by atoms with Crippen LogP contribution in [0.3, 0.4) is 0 Å². The van der Waals surface area contributed by atoms with Crippen LogP contribution in [-0.4, -0.2) is 10.1 Å². The molecule has 0 saturated carbocycles. The minimum Gasteiger partial charge on any atom is -0.506 e. The number of fused-ring (bicyclic) bond motifs is 1. The zero-order chi connectivity index (χ0) is 12.5. The SMILES string of the molecule is Oc1cnc(Br)c2ccc(-c3ccccc3)cc12. The number of benzene rings is 2. The molecule has 0 aliphatic rings. The Hall–Kier alpha value is -1.87. The van der Waals surface area contributed by atoms with Gasteiger partial charge in [-0.05, 0) is 33.1 Å². The second-order valence-electron chi connectivity index (χ2n) is 4.06. The van der Waals surface area contributed by atoms with Crippen molar-refractivity contribution in [2.45, 2.75) is 0 Å². The Labute approximate surface area is 113 Å². The van der Waals surface area contributed by atoms with Crippen LogP contribution in [0.5, 0.6) is 5.75 Å². The van der Waals surface area contributed by atoms with Crippen molar-refractivity contribution in [2.24, 2.45) is 0 Å². The maximum atomic E-state index is 9.88. The Bertz CT molecular complexity index is 710. The van der Waals surface area contributed by atoms with E-state index in [9.17, 15) is 5.11 Å². The summed E-state index contributed by atoms with van der Waals surface area (Å²) in [5, 5.41) is 11.6. The van der Waals surface area contributed by atoms with Crippen LogP contribution in [0.25, 0.3) is 21.9 Å². The summed E-state index contributed by atoms with van der Waals surface area (Å²) >= 11 is 3.39. The number of aromatic nitrogens is 1. The van der Waals surface area contributed by atoms with E-state index in [0.717, 1.165) is 26.5 Å². The molecule has 0 atom stereocenters. The number of aromatic hydroxyl groups is 1. The predicted molar refractivity (Wildman–Crippen MR) is 76.5 cm³/mol. The summed E-state index contributed by atoms with van der Waals surface area (Å²) in [4.78, 5) is 4.08. The first-order valence-electron chi connectivity index (χ1n) is 5.58. The molecule has 1 heterocycles. The Kier molecular flexibility index (Phi) is 2.76. The highest BCUT2D eigenvalue weighted by molar-refractivity contribution is 9.10. The van der Waals surface area contributed by atoms with Crippen molar-refractivity contribution in [3.8, 4) is 16.9 Å². The van der Waals surface area contributed by atoms with E-state index in [4.69, 9.17) is 0 Å². The Morgan fingerprint density at radius 3 is 2.44 bits per heavy atom. The Morgan fingerprint density at radius 2 is 1.67 bits per heavy atom. The first-order valence-corrected chi connectivity index (χ1v) is 6.37. The van der Waals surface area contributed by atoms with Crippen molar-refractivity contribution in [3.63, 3.8) is 0 Å². The van der Waals surface area contributed by atoms with Gasteiger partial charge in [0.15, 0.2) is 0 Å². The van der Waals surface area contributed by atoms with E-state index in [0.29, 0.717) is 0 Å². The van der Waals surface area contributed by atoms with Crippen LogP contribution in [0, 0.1) is 0 Å². The van der Waals surface area contributed by atoms with Crippen LogP contribution in [0.1, 0.15) is 0 Å². The van der Waals surface area contributed by atoms with Gasteiger partial charge in [-0.1, -0.05) is 42.5 Å². The van der Waals surface area contributed by atoms with Crippen molar-refractivity contribution in [3.05, 3.63) is 59.3 Å². The standard InChI is InChI=1S/C15H10BrNO/c16-15-12-7-6-11(10-4-2-1-3-5-10)8-13(12)14(18)9-17-15/h1-9,18H. The fraction of sp³-hybridized carbons (Fsp3) is 0. The summed E-state index contributed by atoms with van der Waals surface area (Å²) in [5.74, 6) is 0.200. The van der Waals surface area contributed by atoms with E-state index in [-0.39, 0.29) is 5.75 Å². The van der Waals surface area contributed by atoms with Gasteiger partial charge in [-0.3, -0.25) is 0 Å². The molecule has 0 unspecified atom stereocenters. The van der Waals surface area contributed by atoms with Gasteiger partial charge in [-0.15, -0.1) is 0 Å². The molecule has 3 heteroatoms. The lowest BCUT2D eigenvalue weighted by Crippen LogP contribution is -1.83. The summed E-state index contributed by atoms with van der Waals surface area (Å²) in [6, 6.07) is 16.1. The topological polar surface area (TPSA) is 33.1 Å². The minimum atomic E-state index is 0.200. The van der Waals surface area contributed by atoms with Gasteiger partial charge in [0.25, 0.3) is 0 Å².